The highest BCUT2D eigenvalue weighted by Crippen LogP contribution is 2.38. The van der Waals surface area contributed by atoms with Gasteiger partial charge in [0.25, 0.3) is 7.82 Å². The molecule has 1 amide bonds. The summed E-state index contributed by atoms with van der Waals surface area (Å²) in [7, 11) is 1.32. The molecule has 0 saturated carbocycles. The number of carbonyl (C=O) groups excluding carboxylic acids is 1. The average Bonchev–Trinajstić information content (AvgIpc) is 3.00. The van der Waals surface area contributed by atoms with Crippen molar-refractivity contribution < 1.29 is 37.3 Å². The Labute approximate surface area is 282 Å². The van der Waals surface area contributed by atoms with E-state index in [2.05, 4.69) is 25.2 Å². The minimum absolute atomic E-state index is 0.0216. The number of hydrogen-bond donors (Lipinski definition) is 1. The summed E-state index contributed by atoms with van der Waals surface area (Å²) >= 11 is 0. The van der Waals surface area contributed by atoms with Crippen LogP contribution >= 0.6 is 7.82 Å². The standard InChI is InChI=1S/C36H71N2O7P/c1-6-8-10-12-13-14-15-16-17-18-19-21-22-26-34(45-36-28-24-25-30-42-36)33(37-35(39)27-23-20-11-9-7-2)32-44-46(40,41)43-31-29-38(3,4)5/h22,26,33-34,36H,6-21,23-25,27-32H2,1-5H3,(H-,37,39,40,41)/b26-22+/t33-,34+,36?/m0/s1. The number of hydrogen-bond acceptors (Lipinski definition) is 7. The van der Waals surface area contributed by atoms with Gasteiger partial charge in [0, 0.05) is 13.0 Å². The van der Waals surface area contributed by atoms with Gasteiger partial charge < -0.3 is 33.2 Å². The largest absolute Gasteiger partial charge is 0.756 e. The smallest absolute Gasteiger partial charge is 0.268 e. The average molecular weight is 675 g/mol. The van der Waals surface area contributed by atoms with Crippen molar-refractivity contribution in [1.29, 1.82) is 0 Å². The predicted molar refractivity (Wildman–Crippen MR) is 186 cm³/mol. The van der Waals surface area contributed by atoms with E-state index in [0.717, 1.165) is 64.2 Å². The van der Waals surface area contributed by atoms with Gasteiger partial charge in [-0.05, 0) is 38.5 Å². The molecule has 0 aromatic heterocycles. The SMILES string of the molecule is CCCCCCCCCCCCC/C=C/[C@@H](OC1CCCCO1)[C@H](COP(=O)([O-])OCC[N+](C)(C)C)NC(=O)CCCCCCC. The highest BCUT2D eigenvalue weighted by atomic mass is 31.2. The number of amides is 1. The second-order valence-electron chi connectivity index (χ2n) is 14.1. The monoisotopic (exact) mass is 674 g/mol. The van der Waals surface area contributed by atoms with E-state index >= 15 is 0 Å². The Kier molecular flexibility index (Phi) is 25.4. The molecule has 1 fully saturated rings. The van der Waals surface area contributed by atoms with E-state index in [9.17, 15) is 14.3 Å². The van der Waals surface area contributed by atoms with Crippen LogP contribution < -0.4 is 10.2 Å². The fourth-order valence-electron chi connectivity index (χ4n) is 5.45. The van der Waals surface area contributed by atoms with Crippen LogP contribution in [0, 0.1) is 0 Å². The van der Waals surface area contributed by atoms with Crippen molar-refractivity contribution in [3.63, 3.8) is 0 Å². The third-order valence-corrected chi connectivity index (χ3v) is 9.39. The van der Waals surface area contributed by atoms with Crippen molar-refractivity contribution in [2.45, 2.75) is 167 Å². The van der Waals surface area contributed by atoms with Crippen molar-refractivity contribution in [3.05, 3.63) is 12.2 Å². The maximum atomic E-state index is 13.0. The van der Waals surface area contributed by atoms with Crippen LogP contribution in [0.15, 0.2) is 12.2 Å². The fraction of sp³-hybridized carbons (Fsp3) is 0.917. The molecule has 2 unspecified atom stereocenters. The molecule has 1 heterocycles. The molecule has 9 nitrogen and oxygen atoms in total. The van der Waals surface area contributed by atoms with E-state index in [1.54, 1.807) is 0 Å². The number of phosphoric acid groups is 1. The molecule has 1 saturated heterocycles. The molecule has 1 N–H and O–H groups in total. The lowest BCUT2D eigenvalue weighted by Crippen LogP contribution is -2.48. The van der Waals surface area contributed by atoms with Crippen LogP contribution in [0.2, 0.25) is 0 Å². The minimum atomic E-state index is -4.57. The van der Waals surface area contributed by atoms with Gasteiger partial charge in [0.05, 0.1) is 33.8 Å². The first-order chi connectivity index (χ1) is 22.1. The van der Waals surface area contributed by atoms with E-state index < -0.39 is 26.3 Å². The van der Waals surface area contributed by atoms with Crippen LogP contribution in [-0.2, 0) is 27.9 Å². The van der Waals surface area contributed by atoms with Gasteiger partial charge in [0.15, 0.2) is 6.29 Å². The summed E-state index contributed by atoms with van der Waals surface area (Å²) in [6, 6.07) is -0.702. The molecule has 0 aromatic carbocycles. The Bertz CT molecular complexity index is 815. The van der Waals surface area contributed by atoms with Gasteiger partial charge >= 0.3 is 0 Å². The number of allylic oxidation sites excluding steroid dienone is 1. The second kappa shape index (κ2) is 27.1. The molecule has 10 heteroatoms. The Morgan fingerprint density at radius 1 is 0.891 bits per heavy atom. The molecule has 46 heavy (non-hydrogen) atoms. The van der Waals surface area contributed by atoms with Gasteiger partial charge in [0.2, 0.25) is 5.91 Å². The van der Waals surface area contributed by atoms with Crippen LogP contribution in [0.5, 0.6) is 0 Å². The van der Waals surface area contributed by atoms with E-state index in [0.29, 0.717) is 24.1 Å². The molecule has 1 rings (SSSR count). The lowest BCUT2D eigenvalue weighted by atomic mass is 10.0. The van der Waals surface area contributed by atoms with Gasteiger partial charge in [0.1, 0.15) is 19.3 Å². The second-order valence-corrected chi connectivity index (χ2v) is 15.5. The molecule has 0 spiro atoms. The summed E-state index contributed by atoms with van der Waals surface area (Å²) in [5, 5.41) is 3.03. The van der Waals surface area contributed by atoms with E-state index in [-0.39, 0.29) is 19.1 Å². The summed E-state index contributed by atoms with van der Waals surface area (Å²) in [5.74, 6) is -0.131. The fourth-order valence-corrected chi connectivity index (χ4v) is 6.17. The third kappa shape index (κ3) is 25.2. The first kappa shape index (κ1) is 43.2. The number of rotatable bonds is 30. The van der Waals surface area contributed by atoms with Gasteiger partial charge in [-0.3, -0.25) is 9.36 Å². The molecule has 1 aliphatic rings. The van der Waals surface area contributed by atoms with Crippen molar-refractivity contribution in [3.8, 4) is 0 Å². The zero-order chi connectivity index (χ0) is 33.9. The zero-order valence-electron chi connectivity index (χ0n) is 30.3. The number of carbonyl (C=O) groups is 1. The van der Waals surface area contributed by atoms with Crippen molar-refractivity contribution in [2.24, 2.45) is 0 Å². The highest BCUT2D eigenvalue weighted by Gasteiger charge is 2.28. The molecule has 0 radical (unpaired) electrons. The Balaban J connectivity index is 2.78. The van der Waals surface area contributed by atoms with E-state index in [1.807, 2.05) is 27.2 Å². The van der Waals surface area contributed by atoms with Crippen LogP contribution in [0.4, 0.5) is 0 Å². The van der Waals surface area contributed by atoms with Crippen molar-refractivity contribution in [2.75, 3.05) is 47.5 Å². The number of quaternary nitrogens is 1. The molecular formula is C36H71N2O7P. The number of phosphoric ester groups is 1. The van der Waals surface area contributed by atoms with E-state index in [1.165, 1.54) is 64.2 Å². The first-order valence-corrected chi connectivity index (χ1v) is 20.2. The molecule has 0 aliphatic carbocycles. The lowest BCUT2D eigenvalue weighted by Gasteiger charge is -2.33. The van der Waals surface area contributed by atoms with Gasteiger partial charge in [-0.15, -0.1) is 0 Å². The van der Waals surface area contributed by atoms with Gasteiger partial charge in [-0.25, -0.2) is 0 Å². The predicted octanol–water partition coefficient (Wildman–Crippen LogP) is 8.21. The summed E-state index contributed by atoms with van der Waals surface area (Å²) in [4.78, 5) is 25.7. The Morgan fingerprint density at radius 3 is 2.04 bits per heavy atom. The summed E-state index contributed by atoms with van der Waals surface area (Å²) in [5.41, 5.74) is 0. The number of ether oxygens (including phenoxy) is 2. The highest BCUT2D eigenvalue weighted by molar-refractivity contribution is 7.45. The summed E-state index contributed by atoms with van der Waals surface area (Å²) in [6.07, 6.45) is 26.5. The third-order valence-electron chi connectivity index (χ3n) is 8.42. The van der Waals surface area contributed by atoms with Gasteiger partial charge in [-0.1, -0.05) is 116 Å². The maximum absolute atomic E-state index is 13.0. The number of likely N-dealkylation sites (N-methyl/N-ethyl adjacent to an activating group) is 1. The lowest BCUT2D eigenvalue weighted by molar-refractivity contribution is -0.870. The molecule has 0 aromatic rings. The molecule has 272 valence electrons. The number of unbranched alkanes of at least 4 members (excludes halogenated alkanes) is 15. The summed E-state index contributed by atoms with van der Waals surface area (Å²) < 4.78 is 36.0. The van der Waals surface area contributed by atoms with Gasteiger partial charge in [-0.2, -0.15) is 0 Å². The number of nitrogens with zero attached hydrogens (tertiary/aromatic N) is 1. The van der Waals surface area contributed by atoms with Crippen LogP contribution in [-0.4, -0.2) is 76.3 Å². The van der Waals surface area contributed by atoms with Crippen molar-refractivity contribution in [1.82, 2.24) is 5.32 Å². The minimum Gasteiger partial charge on any atom is -0.756 e. The normalized spacial score (nSPS) is 18.4. The number of nitrogens with one attached hydrogen (secondary N) is 1. The summed E-state index contributed by atoms with van der Waals surface area (Å²) in [6.45, 7) is 5.31. The quantitative estimate of drug-likeness (QED) is 0.0354. The van der Waals surface area contributed by atoms with Crippen LogP contribution in [0.1, 0.15) is 149 Å². The molecule has 1 aliphatic heterocycles. The first-order valence-electron chi connectivity index (χ1n) is 18.7. The van der Waals surface area contributed by atoms with Crippen molar-refractivity contribution >= 4 is 13.7 Å². The zero-order valence-corrected chi connectivity index (χ0v) is 31.2. The Morgan fingerprint density at radius 2 is 1.48 bits per heavy atom. The van der Waals surface area contributed by atoms with Crippen LogP contribution in [0.25, 0.3) is 0 Å². The Hall–Kier alpha value is -0.800. The molecule has 0 bridgehead atoms. The maximum Gasteiger partial charge on any atom is 0.268 e. The molecular weight excluding hydrogens is 603 g/mol. The molecule has 4 atom stereocenters. The van der Waals surface area contributed by atoms with Crippen LogP contribution in [0.3, 0.4) is 0 Å². The topological polar surface area (TPSA) is 106 Å². The van der Waals surface area contributed by atoms with E-state index in [4.69, 9.17) is 18.5 Å².